The smallest absolute Gasteiger partial charge is 0.222 e. The number of fused-ring (bicyclic) bond motifs is 1. The standard InChI is InChI=1S/C14H22N4O/c1-17-12(4-8-16-17)6-9-18-13-5-7-15-10-11(13)2-3-14(18)19/h4,8,11,13,15H,2-3,5-7,9-10H2,1H3. The lowest BCUT2D eigenvalue weighted by Gasteiger charge is -2.44. The third-order valence-corrected chi connectivity index (χ3v) is 4.55. The molecule has 2 fully saturated rings. The largest absolute Gasteiger partial charge is 0.339 e. The van der Waals surface area contributed by atoms with Crippen LogP contribution in [-0.4, -0.2) is 46.3 Å². The first-order valence-electron chi connectivity index (χ1n) is 7.23. The second kappa shape index (κ2) is 5.33. The number of carbonyl (C=O) groups is 1. The second-order valence-corrected chi connectivity index (χ2v) is 5.64. The Morgan fingerprint density at radius 1 is 1.47 bits per heavy atom. The van der Waals surface area contributed by atoms with Gasteiger partial charge in [-0.15, -0.1) is 0 Å². The Kier molecular flexibility index (Phi) is 3.55. The van der Waals surface area contributed by atoms with Gasteiger partial charge in [0.25, 0.3) is 0 Å². The van der Waals surface area contributed by atoms with E-state index in [4.69, 9.17) is 0 Å². The Balaban J connectivity index is 1.67. The van der Waals surface area contributed by atoms with Gasteiger partial charge < -0.3 is 10.2 Å². The van der Waals surface area contributed by atoms with Crippen LogP contribution < -0.4 is 5.32 Å². The summed E-state index contributed by atoms with van der Waals surface area (Å²) in [6, 6.07) is 2.49. The molecule has 1 N–H and O–H groups in total. The van der Waals surface area contributed by atoms with Crippen LogP contribution in [0.1, 0.15) is 25.0 Å². The fourth-order valence-electron chi connectivity index (χ4n) is 3.42. The van der Waals surface area contributed by atoms with E-state index >= 15 is 0 Å². The van der Waals surface area contributed by atoms with Crippen molar-refractivity contribution in [3.63, 3.8) is 0 Å². The van der Waals surface area contributed by atoms with Gasteiger partial charge in [0, 0.05) is 44.4 Å². The Bertz CT molecular complexity index is 456. The zero-order valence-corrected chi connectivity index (χ0v) is 11.5. The van der Waals surface area contributed by atoms with Crippen LogP contribution >= 0.6 is 0 Å². The number of amides is 1. The average molecular weight is 262 g/mol. The zero-order valence-electron chi connectivity index (χ0n) is 11.5. The van der Waals surface area contributed by atoms with Crippen molar-refractivity contribution in [1.82, 2.24) is 20.0 Å². The Hall–Kier alpha value is -1.36. The highest BCUT2D eigenvalue weighted by molar-refractivity contribution is 5.77. The van der Waals surface area contributed by atoms with Gasteiger partial charge in [-0.1, -0.05) is 0 Å². The lowest BCUT2D eigenvalue weighted by atomic mass is 9.84. The first-order chi connectivity index (χ1) is 9.25. The molecule has 2 unspecified atom stereocenters. The van der Waals surface area contributed by atoms with Crippen LogP contribution in [0.5, 0.6) is 0 Å². The molecule has 2 saturated heterocycles. The van der Waals surface area contributed by atoms with Crippen molar-refractivity contribution in [2.24, 2.45) is 13.0 Å². The van der Waals surface area contributed by atoms with Crippen LogP contribution in [0, 0.1) is 5.92 Å². The molecule has 5 nitrogen and oxygen atoms in total. The first-order valence-corrected chi connectivity index (χ1v) is 7.23. The van der Waals surface area contributed by atoms with E-state index in [9.17, 15) is 4.79 Å². The number of likely N-dealkylation sites (tertiary alicyclic amines) is 1. The molecule has 104 valence electrons. The normalized spacial score (nSPS) is 27.4. The summed E-state index contributed by atoms with van der Waals surface area (Å²) >= 11 is 0. The minimum Gasteiger partial charge on any atom is -0.339 e. The van der Waals surface area contributed by atoms with Crippen LogP contribution in [0.3, 0.4) is 0 Å². The van der Waals surface area contributed by atoms with Crippen LogP contribution in [0.4, 0.5) is 0 Å². The second-order valence-electron chi connectivity index (χ2n) is 5.64. The van der Waals surface area contributed by atoms with E-state index in [1.54, 1.807) is 0 Å². The molecule has 0 aliphatic carbocycles. The topological polar surface area (TPSA) is 50.2 Å². The predicted octanol–water partition coefficient (Wildman–Crippen LogP) is 0.563. The van der Waals surface area contributed by atoms with E-state index in [-0.39, 0.29) is 0 Å². The third kappa shape index (κ3) is 2.52. The Morgan fingerprint density at radius 3 is 3.16 bits per heavy atom. The van der Waals surface area contributed by atoms with Crippen molar-refractivity contribution >= 4 is 5.91 Å². The van der Waals surface area contributed by atoms with Crippen LogP contribution in [0.15, 0.2) is 12.3 Å². The van der Waals surface area contributed by atoms with Gasteiger partial charge >= 0.3 is 0 Å². The van der Waals surface area contributed by atoms with Gasteiger partial charge in [-0.3, -0.25) is 9.48 Å². The molecule has 3 heterocycles. The molecule has 1 amide bonds. The van der Waals surface area contributed by atoms with E-state index in [2.05, 4.69) is 15.3 Å². The molecule has 19 heavy (non-hydrogen) atoms. The van der Waals surface area contributed by atoms with Gasteiger partial charge in [0.1, 0.15) is 0 Å². The van der Waals surface area contributed by atoms with E-state index in [1.807, 2.05) is 24.0 Å². The van der Waals surface area contributed by atoms with Crippen LogP contribution in [0.2, 0.25) is 0 Å². The fraction of sp³-hybridized carbons (Fsp3) is 0.714. The molecule has 3 rings (SSSR count). The van der Waals surface area contributed by atoms with Gasteiger partial charge in [0.15, 0.2) is 0 Å². The van der Waals surface area contributed by atoms with Crippen molar-refractivity contribution in [3.8, 4) is 0 Å². The van der Waals surface area contributed by atoms with Crippen molar-refractivity contribution in [3.05, 3.63) is 18.0 Å². The Morgan fingerprint density at radius 2 is 2.37 bits per heavy atom. The summed E-state index contributed by atoms with van der Waals surface area (Å²) in [5.74, 6) is 0.989. The summed E-state index contributed by atoms with van der Waals surface area (Å²) in [6.45, 7) is 2.94. The maximum Gasteiger partial charge on any atom is 0.222 e. The van der Waals surface area contributed by atoms with E-state index in [1.165, 1.54) is 5.69 Å². The first kappa shape index (κ1) is 12.7. The van der Waals surface area contributed by atoms with Crippen LogP contribution in [-0.2, 0) is 18.3 Å². The summed E-state index contributed by atoms with van der Waals surface area (Å²) in [6.07, 6.45) is 5.59. The molecule has 1 aromatic heterocycles. The lowest BCUT2D eigenvalue weighted by Crippen LogP contribution is -2.55. The number of hydrogen-bond donors (Lipinski definition) is 1. The number of carbonyl (C=O) groups excluding carboxylic acids is 1. The number of nitrogens with one attached hydrogen (secondary N) is 1. The monoisotopic (exact) mass is 262 g/mol. The zero-order chi connectivity index (χ0) is 13.2. The summed E-state index contributed by atoms with van der Waals surface area (Å²) in [5.41, 5.74) is 1.20. The van der Waals surface area contributed by atoms with Gasteiger partial charge in [-0.05, 0) is 37.9 Å². The van der Waals surface area contributed by atoms with E-state index in [0.717, 1.165) is 38.9 Å². The van der Waals surface area contributed by atoms with Crippen molar-refractivity contribution in [2.75, 3.05) is 19.6 Å². The van der Waals surface area contributed by atoms with Crippen molar-refractivity contribution < 1.29 is 4.79 Å². The van der Waals surface area contributed by atoms with Crippen molar-refractivity contribution in [2.45, 2.75) is 31.7 Å². The number of nitrogens with zero attached hydrogens (tertiary/aromatic N) is 3. The summed E-state index contributed by atoms with van der Waals surface area (Å²) < 4.78 is 1.90. The quantitative estimate of drug-likeness (QED) is 0.866. The number of piperidine rings is 2. The highest BCUT2D eigenvalue weighted by Gasteiger charge is 2.36. The number of aromatic nitrogens is 2. The maximum atomic E-state index is 12.2. The molecular formula is C14H22N4O. The lowest BCUT2D eigenvalue weighted by molar-refractivity contribution is -0.139. The predicted molar refractivity (Wildman–Crippen MR) is 72.6 cm³/mol. The molecule has 0 aromatic carbocycles. The number of aryl methyl sites for hydroxylation is 1. The number of rotatable bonds is 3. The van der Waals surface area contributed by atoms with Gasteiger partial charge in [0.2, 0.25) is 5.91 Å². The molecule has 1 aromatic rings. The molecular weight excluding hydrogens is 240 g/mol. The summed E-state index contributed by atoms with van der Waals surface area (Å²) in [4.78, 5) is 14.3. The molecule has 2 aliphatic heterocycles. The maximum absolute atomic E-state index is 12.2. The average Bonchev–Trinajstić information content (AvgIpc) is 2.83. The van der Waals surface area contributed by atoms with E-state index < -0.39 is 0 Å². The SMILES string of the molecule is Cn1nccc1CCN1C(=O)CCC2CNCCC21. The van der Waals surface area contributed by atoms with E-state index in [0.29, 0.717) is 24.3 Å². The summed E-state index contributed by atoms with van der Waals surface area (Å²) in [7, 11) is 1.96. The minimum atomic E-state index is 0.338. The van der Waals surface area contributed by atoms with Crippen LogP contribution in [0.25, 0.3) is 0 Å². The fourth-order valence-corrected chi connectivity index (χ4v) is 3.42. The minimum absolute atomic E-state index is 0.338. The third-order valence-electron chi connectivity index (χ3n) is 4.55. The molecule has 0 radical (unpaired) electrons. The molecule has 0 bridgehead atoms. The highest BCUT2D eigenvalue weighted by atomic mass is 16.2. The Labute approximate surface area is 114 Å². The molecule has 5 heteroatoms. The molecule has 2 atom stereocenters. The van der Waals surface area contributed by atoms with Crippen molar-refractivity contribution in [1.29, 1.82) is 0 Å². The van der Waals surface area contributed by atoms with Gasteiger partial charge in [0.05, 0.1) is 0 Å². The molecule has 0 saturated carbocycles. The molecule has 0 spiro atoms. The van der Waals surface area contributed by atoms with Gasteiger partial charge in [-0.25, -0.2) is 0 Å². The van der Waals surface area contributed by atoms with Gasteiger partial charge in [-0.2, -0.15) is 5.10 Å². The number of hydrogen-bond acceptors (Lipinski definition) is 3. The summed E-state index contributed by atoms with van der Waals surface area (Å²) in [5, 5.41) is 7.63. The highest BCUT2D eigenvalue weighted by Crippen LogP contribution is 2.28. The molecule has 2 aliphatic rings.